The first-order chi connectivity index (χ1) is 9.65. The maximum atomic E-state index is 12.6. The average molecular weight is 325 g/mol. The van der Waals surface area contributed by atoms with Gasteiger partial charge in [0, 0.05) is 15.5 Å². The molecule has 0 saturated carbocycles. The first-order valence-corrected chi connectivity index (χ1v) is 8.34. The molecule has 0 aliphatic heterocycles. The molecule has 0 spiro atoms. The molecule has 2 aromatic rings. The molecule has 0 atom stereocenters. The summed E-state index contributed by atoms with van der Waals surface area (Å²) >= 11 is 13.6. The van der Waals surface area contributed by atoms with E-state index in [9.17, 15) is 4.79 Å². The lowest BCUT2D eigenvalue weighted by molar-refractivity contribution is 0.104. The highest BCUT2D eigenvalue weighted by Gasteiger charge is 2.19. The highest BCUT2D eigenvalue weighted by Crippen LogP contribution is 2.32. The van der Waals surface area contributed by atoms with E-state index in [1.165, 1.54) is 29.7 Å². The fourth-order valence-corrected chi connectivity index (χ4v) is 4.29. The second-order valence-electron chi connectivity index (χ2n) is 5.07. The van der Waals surface area contributed by atoms with Crippen molar-refractivity contribution in [1.82, 2.24) is 0 Å². The maximum absolute atomic E-state index is 12.6. The van der Waals surface area contributed by atoms with Crippen molar-refractivity contribution in [3.05, 3.63) is 55.2 Å². The van der Waals surface area contributed by atoms with Gasteiger partial charge in [0.05, 0.1) is 9.90 Å². The fourth-order valence-electron chi connectivity index (χ4n) is 2.59. The third-order valence-corrected chi connectivity index (χ3v) is 5.43. The van der Waals surface area contributed by atoms with Crippen molar-refractivity contribution in [2.45, 2.75) is 32.1 Å². The Morgan fingerprint density at radius 3 is 2.65 bits per heavy atom. The molecule has 0 amide bonds. The van der Waals surface area contributed by atoms with Crippen LogP contribution in [0.2, 0.25) is 10.0 Å². The Bertz CT molecular complexity index is 637. The molecule has 0 bridgehead atoms. The van der Waals surface area contributed by atoms with Crippen LogP contribution in [0.25, 0.3) is 0 Å². The highest BCUT2D eigenvalue weighted by molar-refractivity contribution is 7.14. The van der Waals surface area contributed by atoms with Crippen molar-refractivity contribution >= 4 is 40.3 Å². The molecule has 1 nitrogen and oxygen atoms in total. The molecular weight excluding hydrogens is 311 g/mol. The zero-order valence-corrected chi connectivity index (χ0v) is 13.2. The molecular formula is C16H14Cl2OS. The number of rotatable bonds is 2. The third kappa shape index (κ3) is 2.78. The second kappa shape index (κ2) is 5.88. The van der Waals surface area contributed by atoms with E-state index in [1.54, 1.807) is 29.5 Å². The van der Waals surface area contributed by atoms with Crippen molar-refractivity contribution < 1.29 is 4.79 Å². The van der Waals surface area contributed by atoms with Crippen molar-refractivity contribution in [2.75, 3.05) is 0 Å². The molecule has 0 unspecified atom stereocenters. The first kappa shape index (κ1) is 14.1. The number of carbonyl (C=O) groups excluding carboxylic acids is 1. The van der Waals surface area contributed by atoms with Gasteiger partial charge < -0.3 is 0 Å². The summed E-state index contributed by atoms with van der Waals surface area (Å²) in [5.74, 6) is 0.00439. The van der Waals surface area contributed by atoms with Gasteiger partial charge in [-0.15, -0.1) is 11.3 Å². The van der Waals surface area contributed by atoms with Crippen LogP contribution in [0.4, 0.5) is 0 Å². The summed E-state index contributed by atoms with van der Waals surface area (Å²) in [6, 6.07) is 7.09. The van der Waals surface area contributed by atoms with Crippen LogP contribution in [-0.2, 0) is 12.8 Å². The molecule has 1 aromatic carbocycles. The van der Waals surface area contributed by atoms with Gasteiger partial charge in [-0.25, -0.2) is 0 Å². The van der Waals surface area contributed by atoms with E-state index in [4.69, 9.17) is 23.2 Å². The van der Waals surface area contributed by atoms with E-state index in [0.717, 1.165) is 17.7 Å². The van der Waals surface area contributed by atoms with E-state index in [-0.39, 0.29) is 5.78 Å². The SMILES string of the molecule is O=C(c1cc2c(s1)CCCCC2)c1ccc(Cl)cc1Cl. The van der Waals surface area contributed by atoms with Crippen LogP contribution >= 0.6 is 34.5 Å². The Kier molecular flexibility index (Phi) is 4.16. The molecule has 0 fully saturated rings. The van der Waals surface area contributed by atoms with E-state index in [0.29, 0.717) is 15.6 Å². The number of aryl methyl sites for hydroxylation is 2. The Hall–Kier alpha value is -0.830. The number of carbonyl (C=O) groups is 1. The Labute approximate surface area is 132 Å². The predicted molar refractivity (Wildman–Crippen MR) is 85.5 cm³/mol. The molecule has 0 saturated heterocycles. The van der Waals surface area contributed by atoms with Crippen LogP contribution in [0.3, 0.4) is 0 Å². The largest absolute Gasteiger partial charge is 0.288 e. The van der Waals surface area contributed by atoms with Crippen molar-refractivity contribution in [3.63, 3.8) is 0 Å². The monoisotopic (exact) mass is 324 g/mol. The van der Waals surface area contributed by atoms with Gasteiger partial charge in [-0.1, -0.05) is 29.6 Å². The summed E-state index contributed by atoms with van der Waals surface area (Å²) in [6.07, 6.45) is 5.92. The molecule has 1 aliphatic rings. The normalized spacial score (nSPS) is 14.7. The zero-order chi connectivity index (χ0) is 14.1. The van der Waals surface area contributed by atoms with Gasteiger partial charge >= 0.3 is 0 Å². The van der Waals surface area contributed by atoms with Crippen molar-refractivity contribution in [1.29, 1.82) is 0 Å². The Morgan fingerprint density at radius 2 is 1.85 bits per heavy atom. The minimum atomic E-state index is 0.00439. The van der Waals surface area contributed by atoms with Crippen LogP contribution in [-0.4, -0.2) is 5.78 Å². The summed E-state index contributed by atoms with van der Waals surface area (Å²) in [4.78, 5) is 14.7. The topological polar surface area (TPSA) is 17.1 Å². The summed E-state index contributed by atoms with van der Waals surface area (Å²) in [6.45, 7) is 0. The summed E-state index contributed by atoms with van der Waals surface area (Å²) in [5.41, 5.74) is 1.88. The maximum Gasteiger partial charge on any atom is 0.204 e. The van der Waals surface area contributed by atoms with Crippen LogP contribution < -0.4 is 0 Å². The smallest absolute Gasteiger partial charge is 0.204 e. The van der Waals surface area contributed by atoms with Gasteiger partial charge in [0.15, 0.2) is 0 Å². The molecule has 1 aromatic heterocycles. The number of hydrogen-bond donors (Lipinski definition) is 0. The summed E-state index contributed by atoms with van der Waals surface area (Å²) in [5, 5.41) is 0.972. The first-order valence-electron chi connectivity index (χ1n) is 6.76. The number of halogens is 2. The minimum Gasteiger partial charge on any atom is -0.288 e. The van der Waals surface area contributed by atoms with Crippen LogP contribution in [0.1, 0.15) is 44.9 Å². The van der Waals surface area contributed by atoms with Crippen LogP contribution in [0, 0.1) is 0 Å². The third-order valence-electron chi connectivity index (χ3n) is 3.65. The van der Waals surface area contributed by atoms with Crippen molar-refractivity contribution in [2.24, 2.45) is 0 Å². The fraction of sp³-hybridized carbons (Fsp3) is 0.312. The van der Waals surface area contributed by atoms with E-state index in [2.05, 4.69) is 6.07 Å². The number of hydrogen-bond acceptors (Lipinski definition) is 2. The number of ketones is 1. The van der Waals surface area contributed by atoms with E-state index >= 15 is 0 Å². The number of thiophene rings is 1. The van der Waals surface area contributed by atoms with Gasteiger partial charge in [0.1, 0.15) is 0 Å². The quantitative estimate of drug-likeness (QED) is 0.522. The Balaban J connectivity index is 1.94. The molecule has 4 heteroatoms. The lowest BCUT2D eigenvalue weighted by Crippen LogP contribution is -1.99. The predicted octanol–water partition coefficient (Wildman–Crippen LogP) is 5.55. The van der Waals surface area contributed by atoms with E-state index in [1.807, 2.05) is 0 Å². The molecule has 104 valence electrons. The Morgan fingerprint density at radius 1 is 1.05 bits per heavy atom. The van der Waals surface area contributed by atoms with Crippen molar-refractivity contribution in [3.8, 4) is 0 Å². The number of fused-ring (bicyclic) bond motifs is 1. The molecule has 1 aliphatic carbocycles. The molecule has 0 radical (unpaired) electrons. The highest BCUT2D eigenvalue weighted by atomic mass is 35.5. The average Bonchev–Trinajstić information content (AvgIpc) is 2.69. The summed E-state index contributed by atoms with van der Waals surface area (Å²) in [7, 11) is 0. The molecule has 20 heavy (non-hydrogen) atoms. The summed E-state index contributed by atoms with van der Waals surface area (Å²) < 4.78 is 0. The number of benzene rings is 1. The van der Waals surface area contributed by atoms with Crippen LogP contribution in [0.5, 0.6) is 0 Å². The lowest BCUT2D eigenvalue weighted by Gasteiger charge is -2.02. The van der Waals surface area contributed by atoms with Gasteiger partial charge in [-0.2, -0.15) is 0 Å². The molecule has 3 rings (SSSR count). The lowest BCUT2D eigenvalue weighted by atomic mass is 10.1. The van der Waals surface area contributed by atoms with Gasteiger partial charge in [-0.05, 0) is 55.5 Å². The van der Waals surface area contributed by atoms with E-state index < -0.39 is 0 Å². The zero-order valence-electron chi connectivity index (χ0n) is 10.9. The second-order valence-corrected chi connectivity index (χ2v) is 7.05. The van der Waals surface area contributed by atoms with Gasteiger partial charge in [0.2, 0.25) is 5.78 Å². The van der Waals surface area contributed by atoms with Crippen LogP contribution in [0.15, 0.2) is 24.3 Å². The van der Waals surface area contributed by atoms with Gasteiger partial charge in [0.25, 0.3) is 0 Å². The molecule has 0 N–H and O–H groups in total. The molecule has 1 heterocycles. The van der Waals surface area contributed by atoms with Gasteiger partial charge in [-0.3, -0.25) is 4.79 Å². The minimum absolute atomic E-state index is 0.00439. The standard InChI is InChI=1S/C16H14Cl2OS/c17-11-6-7-12(13(18)9-11)16(19)15-8-10-4-2-1-3-5-14(10)20-15/h6-9H,1-5H2.